The van der Waals surface area contributed by atoms with Crippen molar-refractivity contribution in [3.8, 4) is 32.8 Å². The molecule has 0 fully saturated rings. The highest BCUT2D eigenvalue weighted by Gasteiger charge is 2.16. The van der Waals surface area contributed by atoms with Gasteiger partial charge in [-0.3, -0.25) is 4.98 Å². The van der Waals surface area contributed by atoms with Crippen molar-refractivity contribution < 1.29 is 9.47 Å². The van der Waals surface area contributed by atoms with Crippen LogP contribution in [-0.4, -0.2) is 22.0 Å². The Kier molecular flexibility index (Phi) is 2.60. The summed E-state index contributed by atoms with van der Waals surface area (Å²) in [5.74, 6) is 1.51. The van der Waals surface area contributed by atoms with E-state index in [-0.39, 0.29) is 6.79 Å². The maximum Gasteiger partial charge on any atom is 0.231 e. The lowest BCUT2D eigenvalue weighted by Gasteiger charge is -1.98. The third-order valence-electron chi connectivity index (χ3n) is 2.93. The van der Waals surface area contributed by atoms with Crippen LogP contribution in [0.25, 0.3) is 21.3 Å². The molecule has 1 aliphatic rings. The Morgan fingerprint density at radius 3 is 2.75 bits per heavy atom. The standard InChI is InChI=1S/C14H9N3O2S/c1-2-6-15-10(3-1)14-17-16-13(20-14)9-4-5-11-12(7-9)19-8-18-11/h1-7H,8H2. The summed E-state index contributed by atoms with van der Waals surface area (Å²) in [5.41, 5.74) is 1.80. The van der Waals surface area contributed by atoms with Crippen LogP contribution in [0.15, 0.2) is 42.6 Å². The van der Waals surface area contributed by atoms with E-state index in [0.717, 1.165) is 32.8 Å². The second-order valence-corrected chi connectivity index (χ2v) is 5.17. The Morgan fingerprint density at radius 1 is 0.950 bits per heavy atom. The van der Waals surface area contributed by atoms with Gasteiger partial charge in [-0.05, 0) is 30.3 Å². The monoisotopic (exact) mass is 283 g/mol. The molecule has 6 heteroatoms. The Hall–Kier alpha value is -2.47. The third-order valence-corrected chi connectivity index (χ3v) is 3.92. The van der Waals surface area contributed by atoms with Crippen molar-refractivity contribution >= 4 is 11.3 Å². The summed E-state index contributed by atoms with van der Waals surface area (Å²) in [4.78, 5) is 4.28. The average molecular weight is 283 g/mol. The first-order chi connectivity index (χ1) is 9.90. The number of benzene rings is 1. The zero-order chi connectivity index (χ0) is 13.4. The van der Waals surface area contributed by atoms with E-state index >= 15 is 0 Å². The maximum atomic E-state index is 5.37. The average Bonchev–Trinajstić information content (AvgIpc) is 3.16. The fourth-order valence-electron chi connectivity index (χ4n) is 1.96. The van der Waals surface area contributed by atoms with Crippen LogP contribution >= 0.6 is 11.3 Å². The number of rotatable bonds is 2. The number of hydrogen-bond donors (Lipinski definition) is 0. The number of aromatic nitrogens is 3. The molecule has 0 saturated heterocycles. The predicted molar refractivity (Wildman–Crippen MR) is 74.7 cm³/mol. The molecule has 0 spiro atoms. The van der Waals surface area contributed by atoms with Gasteiger partial charge in [-0.25, -0.2) is 0 Å². The van der Waals surface area contributed by atoms with Crippen molar-refractivity contribution in [3.05, 3.63) is 42.6 Å². The normalized spacial score (nSPS) is 12.6. The molecule has 3 aromatic rings. The lowest BCUT2D eigenvalue weighted by atomic mass is 10.2. The summed E-state index contributed by atoms with van der Waals surface area (Å²) in [6, 6.07) is 11.5. The van der Waals surface area contributed by atoms with E-state index in [2.05, 4.69) is 15.2 Å². The van der Waals surface area contributed by atoms with Gasteiger partial charge in [0.25, 0.3) is 0 Å². The minimum absolute atomic E-state index is 0.272. The number of nitrogens with zero attached hydrogens (tertiary/aromatic N) is 3. The van der Waals surface area contributed by atoms with E-state index < -0.39 is 0 Å². The van der Waals surface area contributed by atoms with E-state index in [9.17, 15) is 0 Å². The quantitative estimate of drug-likeness (QED) is 0.723. The second-order valence-electron chi connectivity index (χ2n) is 4.20. The van der Waals surface area contributed by atoms with E-state index in [4.69, 9.17) is 9.47 Å². The van der Waals surface area contributed by atoms with Crippen LogP contribution in [0.3, 0.4) is 0 Å². The first-order valence-electron chi connectivity index (χ1n) is 6.05. The highest BCUT2D eigenvalue weighted by atomic mass is 32.1. The molecule has 1 aliphatic heterocycles. The zero-order valence-electron chi connectivity index (χ0n) is 10.3. The molecule has 0 unspecified atom stereocenters. The fourth-order valence-corrected chi connectivity index (χ4v) is 2.78. The Morgan fingerprint density at radius 2 is 1.85 bits per heavy atom. The van der Waals surface area contributed by atoms with E-state index in [0.29, 0.717) is 0 Å². The van der Waals surface area contributed by atoms with E-state index in [1.807, 2.05) is 36.4 Å². The van der Waals surface area contributed by atoms with Gasteiger partial charge >= 0.3 is 0 Å². The first kappa shape index (κ1) is 11.4. The molecule has 3 heterocycles. The number of hydrogen-bond acceptors (Lipinski definition) is 6. The van der Waals surface area contributed by atoms with Crippen molar-refractivity contribution in [2.24, 2.45) is 0 Å². The van der Waals surface area contributed by atoms with E-state index in [1.54, 1.807) is 6.20 Å². The van der Waals surface area contributed by atoms with Gasteiger partial charge in [0, 0.05) is 11.8 Å². The van der Waals surface area contributed by atoms with Crippen LogP contribution in [0.4, 0.5) is 0 Å². The van der Waals surface area contributed by atoms with Crippen molar-refractivity contribution in [1.82, 2.24) is 15.2 Å². The summed E-state index contributed by atoms with van der Waals surface area (Å²) in [6.45, 7) is 0.272. The number of fused-ring (bicyclic) bond motifs is 1. The molecule has 98 valence electrons. The van der Waals surface area contributed by atoms with Gasteiger partial charge in [0.05, 0.1) is 0 Å². The lowest BCUT2D eigenvalue weighted by molar-refractivity contribution is 0.174. The lowest BCUT2D eigenvalue weighted by Crippen LogP contribution is -1.92. The largest absolute Gasteiger partial charge is 0.454 e. The van der Waals surface area contributed by atoms with Gasteiger partial charge in [0.1, 0.15) is 10.7 Å². The van der Waals surface area contributed by atoms with Crippen LogP contribution in [-0.2, 0) is 0 Å². The predicted octanol–water partition coefficient (Wildman–Crippen LogP) is 3.00. The van der Waals surface area contributed by atoms with Crippen LogP contribution in [0.1, 0.15) is 0 Å². The Balaban J connectivity index is 1.72. The van der Waals surface area contributed by atoms with Crippen molar-refractivity contribution in [2.45, 2.75) is 0 Å². The summed E-state index contributed by atoms with van der Waals surface area (Å²) in [6.07, 6.45) is 1.75. The van der Waals surface area contributed by atoms with Crippen LogP contribution in [0, 0.1) is 0 Å². The van der Waals surface area contributed by atoms with Gasteiger partial charge in [0.2, 0.25) is 6.79 Å². The van der Waals surface area contributed by atoms with Gasteiger partial charge in [-0.2, -0.15) is 0 Å². The zero-order valence-corrected chi connectivity index (χ0v) is 11.1. The Labute approximate surface area is 118 Å². The van der Waals surface area contributed by atoms with E-state index in [1.165, 1.54) is 11.3 Å². The van der Waals surface area contributed by atoms with Crippen LogP contribution in [0.2, 0.25) is 0 Å². The minimum Gasteiger partial charge on any atom is -0.454 e. The van der Waals surface area contributed by atoms with Gasteiger partial charge in [0.15, 0.2) is 16.5 Å². The molecule has 2 aromatic heterocycles. The molecule has 1 aromatic carbocycles. The fraction of sp³-hybridized carbons (Fsp3) is 0.0714. The Bertz CT molecular complexity index is 758. The summed E-state index contributed by atoms with van der Waals surface area (Å²) < 4.78 is 10.7. The molecule has 4 rings (SSSR count). The molecule has 5 nitrogen and oxygen atoms in total. The molecule has 0 aliphatic carbocycles. The molecule has 0 bridgehead atoms. The topological polar surface area (TPSA) is 57.1 Å². The molecule has 0 atom stereocenters. The SMILES string of the molecule is c1ccc(-c2nnc(-c3ccc4c(c3)OCO4)s2)nc1. The number of ether oxygens (including phenoxy) is 2. The summed E-state index contributed by atoms with van der Waals surface area (Å²) in [7, 11) is 0. The molecule has 20 heavy (non-hydrogen) atoms. The summed E-state index contributed by atoms with van der Waals surface area (Å²) >= 11 is 1.50. The van der Waals surface area contributed by atoms with Crippen molar-refractivity contribution in [1.29, 1.82) is 0 Å². The first-order valence-corrected chi connectivity index (χ1v) is 6.87. The molecular weight excluding hydrogens is 274 g/mol. The molecule has 0 amide bonds. The molecule has 0 N–H and O–H groups in total. The highest BCUT2D eigenvalue weighted by Crippen LogP contribution is 2.37. The smallest absolute Gasteiger partial charge is 0.231 e. The second kappa shape index (κ2) is 4.57. The van der Waals surface area contributed by atoms with Gasteiger partial charge in [-0.15, -0.1) is 10.2 Å². The third kappa shape index (κ3) is 1.90. The number of pyridine rings is 1. The molecule has 0 radical (unpaired) electrons. The van der Waals surface area contributed by atoms with Crippen molar-refractivity contribution in [2.75, 3.05) is 6.79 Å². The van der Waals surface area contributed by atoms with Crippen LogP contribution < -0.4 is 9.47 Å². The maximum absolute atomic E-state index is 5.37. The van der Waals surface area contributed by atoms with Gasteiger partial charge < -0.3 is 9.47 Å². The van der Waals surface area contributed by atoms with Gasteiger partial charge in [-0.1, -0.05) is 17.4 Å². The van der Waals surface area contributed by atoms with Crippen molar-refractivity contribution in [3.63, 3.8) is 0 Å². The highest BCUT2D eigenvalue weighted by molar-refractivity contribution is 7.17. The summed E-state index contributed by atoms with van der Waals surface area (Å²) in [5, 5.41) is 10.1. The molecular formula is C14H9N3O2S. The minimum atomic E-state index is 0.272. The van der Waals surface area contributed by atoms with Crippen LogP contribution in [0.5, 0.6) is 11.5 Å². The molecule has 0 saturated carbocycles.